The Morgan fingerprint density at radius 1 is 1.02 bits per heavy atom. The van der Waals surface area contributed by atoms with E-state index in [0.717, 1.165) is 11.0 Å². The molecule has 1 aliphatic heterocycles. The lowest BCUT2D eigenvalue weighted by atomic mass is 10.0. The van der Waals surface area contributed by atoms with E-state index >= 15 is 0 Å². The van der Waals surface area contributed by atoms with Crippen LogP contribution in [0, 0.1) is 40.9 Å². The van der Waals surface area contributed by atoms with Gasteiger partial charge < -0.3 is 30.1 Å². The lowest BCUT2D eigenvalue weighted by molar-refractivity contribution is -0.144. The summed E-state index contributed by atoms with van der Waals surface area (Å²) in [6.07, 6.45) is -0.444. The Morgan fingerprint density at radius 3 is 2.31 bits per heavy atom. The number of carbonyl (C=O) groups is 5. The normalized spacial score (nSPS) is 21.6. The first-order chi connectivity index (χ1) is 19.9. The van der Waals surface area contributed by atoms with Crippen LogP contribution < -0.4 is 15.4 Å². The van der Waals surface area contributed by atoms with Gasteiger partial charge in [-0.25, -0.2) is 13.2 Å². The van der Waals surface area contributed by atoms with Crippen molar-refractivity contribution in [3.63, 3.8) is 0 Å². The average molecular weight is 599 g/mol. The molecule has 3 atom stereocenters. The highest BCUT2D eigenvalue weighted by Crippen LogP contribution is 2.45. The molecule has 11 nitrogen and oxygen atoms in total. The van der Waals surface area contributed by atoms with E-state index in [0.29, 0.717) is 0 Å². The highest BCUT2D eigenvalue weighted by molar-refractivity contribution is 6.39. The minimum Gasteiger partial charge on any atom is -0.481 e. The number of benzene rings is 2. The van der Waals surface area contributed by atoms with Crippen LogP contribution in [0.2, 0.25) is 0 Å². The maximum absolute atomic E-state index is 13.9. The fourth-order valence-corrected chi connectivity index (χ4v) is 4.38. The topological polar surface area (TPSA) is 151 Å². The van der Waals surface area contributed by atoms with E-state index in [1.54, 1.807) is 0 Å². The second-order valence-electron chi connectivity index (χ2n) is 9.52. The number of hydrogen-bond donors (Lipinski definition) is 3. The first-order valence-corrected chi connectivity index (χ1v) is 12.3. The number of hydrogen-bond acceptors (Lipinski definition) is 7. The fourth-order valence-electron chi connectivity index (χ4n) is 4.38. The summed E-state index contributed by atoms with van der Waals surface area (Å²) in [5.41, 5.74) is -2.36. The molecule has 0 spiro atoms. The van der Waals surface area contributed by atoms with Crippen LogP contribution in [0.3, 0.4) is 0 Å². The van der Waals surface area contributed by atoms with Crippen LogP contribution in [0.15, 0.2) is 30.3 Å². The van der Waals surface area contributed by atoms with Gasteiger partial charge in [-0.1, -0.05) is 12.1 Å². The molecule has 2 aromatic carbocycles. The number of nitrogens with one attached hydrogen (secondary N) is 2. The van der Waals surface area contributed by atoms with Crippen LogP contribution in [0.5, 0.6) is 5.75 Å². The van der Waals surface area contributed by atoms with Crippen molar-refractivity contribution in [2.45, 2.75) is 12.0 Å². The molecule has 2 aromatic rings. The first-order valence-electron chi connectivity index (χ1n) is 12.3. The Hall–Kier alpha value is -4.60. The van der Waals surface area contributed by atoms with Crippen molar-refractivity contribution < 1.29 is 60.5 Å². The number of halogens is 5. The molecule has 3 N–H and O–H groups in total. The zero-order chi connectivity index (χ0) is 30.8. The Labute approximate surface area is 233 Å². The number of ketones is 1. The summed E-state index contributed by atoms with van der Waals surface area (Å²) in [6, 6.07) is 5.02. The van der Waals surface area contributed by atoms with E-state index in [1.165, 1.54) is 18.2 Å². The molecule has 1 saturated heterocycles. The second kappa shape index (κ2) is 12.1. The number of aliphatic carboxylic acids is 1. The van der Waals surface area contributed by atoms with Crippen molar-refractivity contribution in [2.24, 2.45) is 11.8 Å². The lowest BCUT2D eigenvalue weighted by Crippen LogP contribution is -2.52. The summed E-state index contributed by atoms with van der Waals surface area (Å²) >= 11 is 0. The fraction of sp³-hybridized carbons (Fsp3) is 0.346. The summed E-state index contributed by atoms with van der Waals surface area (Å²) in [7, 11) is 0. The molecule has 0 bridgehead atoms. The molecule has 3 amide bonds. The van der Waals surface area contributed by atoms with Crippen molar-refractivity contribution >= 4 is 35.2 Å². The van der Waals surface area contributed by atoms with Crippen molar-refractivity contribution in [1.29, 1.82) is 0 Å². The van der Waals surface area contributed by atoms with E-state index in [9.17, 15) is 51.0 Å². The lowest BCUT2D eigenvalue weighted by Gasteiger charge is -2.25. The van der Waals surface area contributed by atoms with Gasteiger partial charge in [-0.2, -0.15) is 8.78 Å². The van der Waals surface area contributed by atoms with Crippen LogP contribution in [0.1, 0.15) is 6.42 Å². The molecule has 2 fully saturated rings. The molecule has 0 radical (unpaired) electrons. The summed E-state index contributed by atoms with van der Waals surface area (Å²) in [4.78, 5) is 63.9. The summed E-state index contributed by atoms with van der Waals surface area (Å²) < 4.78 is 78.6. The van der Waals surface area contributed by atoms with Crippen molar-refractivity contribution in [1.82, 2.24) is 10.2 Å². The second-order valence-corrected chi connectivity index (χ2v) is 9.52. The van der Waals surface area contributed by atoms with Gasteiger partial charge in [0.15, 0.2) is 23.2 Å². The number of carboxylic acids is 1. The van der Waals surface area contributed by atoms with Gasteiger partial charge in [-0.15, -0.1) is 0 Å². The van der Waals surface area contributed by atoms with Gasteiger partial charge in [0.05, 0.1) is 30.7 Å². The van der Waals surface area contributed by atoms with Gasteiger partial charge in [0.2, 0.25) is 17.5 Å². The average Bonchev–Trinajstić information content (AvgIpc) is 3.73. The molecule has 4 rings (SSSR count). The first kappa shape index (κ1) is 30.4. The van der Waals surface area contributed by atoms with Gasteiger partial charge in [0, 0.05) is 19.2 Å². The minimum absolute atomic E-state index is 0.0746. The molecule has 1 heterocycles. The third-order valence-electron chi connectivity index (χ3n) is 6.76. The van der Waals surface area contributed by atoms with Crippen LogP contribution >= 0.6 is 0 Å². The summed E-state index contributed by atoms with van der Waals surface area (Å²) in [6.45, 7) is -2.21. The summed E-state index contributed by atoms with van der Waals surface area (Å²) in [5.74, 6) is -18.4. The molecular weight excluding hydrogens is 577 g/mol. The monoisotopic (exact) mass is 599 g/mol. The Morgan fingerprint density at radius 2 is 1.69 bits per heavy atom. The largest absolute Gasteiger partial charge is 0.481 e. The maximum Gasteiger partial charge on any atom is 0.313 e. The van der Waals surface area contributed by atoms with E-state index in [4.69, 9.17) is 4.74 Å². The standard InChI is InChI=1S/C26H22F5N3O8/c27-14-3-1-2-4-17(14)32-23(37)24(38)34-5-6-41-10-12(9-34)22(36)33-26(8-13(26)25(39)40)18(35)11-42-21-19(30)15(28)7-16(29)20(21)31/h1-4,7,12-13H,5-6,8-11H2,(H,32,37)(H,33,36)(H,39,40)/t12-,13?,26?/m0/s1. The molecular formula is C26H22F5N3O8. The van der Waals surface area contributed by atoms with Crippen LogP contribution in [-0.2, 0) is 28.7 Å². The van der Waals surface area contributed by atoms with Gasteiger partial charge in [0.25, 0.3) is 0 Å². The number of amides is 3. The van der Waals surface area contributed by atoms with Gasteiger partial charge >= 0.3 is 17.8 Å². The third kappa shape index (κ3) is 6.17. The van der Waals surface area contributed by atoms with E-state index in [2.05, 4.69) is 15.4 Å². The number of ether oxygens (including phenoxy) is 2. The highest BCUT2D eigenvalue weighted by atomic mass is 19.2. The Balaban J connectivity index is 1.45. The molecule has 2 aliphatic rings. The molecule has 1 aliphatic carbocycles. The summed E-state index contributed by atoms with van der Waals surface area (Å²) in [5, 5.41) is 13.8. The number of carboxylic acid groups (broad SMARTS) is 1. The van der Waals surface area contributed by atoms with E-state index in [1.807, 2.05) is 0 Å². The van der Waals surface area contributed by atoms with Gasteiger partial charge in [-0.3, -0.25) is 24.0 Å². The van der Waals surface area contributed by atoms with Gasteiger partial charge in [0.1, 0.15) is 18.0 Å². The molecule has 2 unspecified atom stereocenters. The highest BCUT2D eigenvalue weighted by Gasteiger charge is 2.65. The number of nitrogens with zero attached hydrogens (tertiary/aromatic N) is 1. The van der Waals surface area contributed by atoms with Crippen molar-refractivity contribution in [2.75, 3.05) is 38.2 Å². The maximum atomic E-state index is 13.9. The van der Waals surface area contributed by atoms with Crippen LogP contribution in [-0.4, -0.2) is 77.9 Å². The third-order valence-corrected chi connectivity index (χ3v) is 6.76. The van der Waals surface area contributed by atoms with Crippen molar-refractivity contribution in [3.8, 4) is 5.75 Å². The number of para-hydroxylation sites is 1. The zero-order valence-electron chi connectivity index (χ0n) is 21.4. The molecule has 42 heavy (non-hydrogen) atoms. The molecule has 1 saturated carbocycles. The van der Waals surface area contributed by atoms with Crippen LogP contribution in [0.25, 0.3) is 0 Å². The number of rotatable bonds is 8. The zero-order valence-corrected chi connectivity index (χ0v) is 21.4. The molecule has 0 aromatic heterocycles. The number of Topliss-reactive ketones (excluding diaryl/α,β-unsaturated/α-hetero) is 1. The quantitative estimate of drug-likeness (QED) is 0.234. The van der Waals surface area contributed by atoms with Gasteiger partial charge in [-0.05, 0) is 18.6 Å². The van der Waals surface area contributed by atoms with Crippen LogP contribution in [0.4, 0.5) is 27.6 Å². The smallest absolute Gasteiger partial charge is 0.313 e. The number of carbonyl (C=O) groups excluding carboxylic acids is 4. The Bertz CT molecular complexity index is 1430. The minimum atomic E-state index is -2.11. The van der Waals surface area contributed by atoms with E-state index in [-0.39, 0.29) is 31.5 Å². The predicted molar refractivity (Wildman–Crippen MR) is 129 cm³/mol. The number of anilines is 1. The van der Waals surface area contributed by atoms with E-state index < -0.39 is 101 Å². The Kier molecular flexibility index (Phi) is 8.75. The SMILES string of the molecule is O=C(Nc1ccccc1F)C(=O)N1CCOC[C@@H](C(=O)NC2(C(=O)COc3c(F)c(F)cc(F)c3F)CC2C(=O)O)C1. The molecule has 224 valence electrons. The predicted octanol–water partition coefficient (Wildman–Crippen LogP) is 1.40. The molecule has 16 heteroatoms. The van der Waals surface area contributed by atoms with Crippen molar-refractivity contribution in [3.05, 3.63) is 59.4 Å².